The minimum Gasteiger partial charge on any atom is -0.393 e. The topological polar surface area (TPSA) is 32.3 Å². The Morgan fingerprint density at radius 2 is 1.89 bits per heavy atom. The lowest BCUT2D eigenvalue weighted by molar-refractivity contribution is 0.108. The highest BCUT2D eigenvalue weighted by atomic mass is 19.1. The van der Waals surface area contributed by atoms with E-state index >= 15 is 0 Å². The zero-order valence-electron chi connectivity index (χ0n) is 10.7. The van der Waals surface area contributed by atoms with E-state index in [0.717, 1.165) is 50.8 Å². The predicted molar refractivity (Wildman–Crippen MR) is 70.9 cm³/mol. The summed E-state index contributed by atoms with van der Waals surface area (Å²) in [4.78, 5) is 0. The maximum Gasteiger partial charge on any atom is 0.126 e. The third-order valence-electron chi connectivity index (χ3n) is 3.78. The van der Waals surface area contributed by atoms with Gasteiger partial charge in [0.1, 0.15) is 5.82 Å². The van der Waals surface area contributed by atoms with E-state index in [1.807, 2.05) is 12.1 Å². The number of rotatable bonds is 5. The second-order valence-electron chi connectivity index (χ2n) is 5.22. The summed E-state index contributed by atoms with van der Waals surface area (Å²) in [7, 11) is 0. The number of aliphatic hydroxyl groups is 1. The average Bonchev–Trinajstić information content (AvgIpc) is 2.39. The van der Waals surface area contributed by atoms with E-state index in [1.165, 1.54) is 6.07 Å². The summed E-state index contributed by atoms with van der Waals surface area (Å²) in [5, 5.41) is 12.8. The van der Waals surface area contributed by atoms with Crippen molar-refractivity contribution in [2.45, 2.75) is 38.2 Å². The van der Waals surface area contributed by atoms with Crippen LogP contribution < -0.4 is 5.32 Å². The summed E-state index contributed by atoms with van der Waals surface area (Å²) < 4.78 is 13.4. The maximum atomic E-state index is 13.4. The Balaban J connectivity index is 1.63. The van der Waals surface area contributed by atoms with Crippen LogP contribution in [0.5, 0.6) is 0 Å². The molecule has 0 heterocycles. The highest BCUT2D eigenvalue weighted by molar-refractivity contribution is 5.17. The van der Waals surface area contributed by atoms with Crippen LogP contribution in [0.15, 0.2) is 24.3 Å². The molecular weight excluding hydrogens is 229 g/mol. The molecular formula is C15H22FNO. The molecule has 1 aromatic rings. The standard InChI is InChI=1S/C15H22FNO/c16-15-4-2-1-3-13(15)9-10-17-11-12-5-7-14(18)8-6-12/h1-4,12,14,17-18H,5-11H2. The van der Waals surface area contributed by atoms with Gasteiger partial charge in [0.25, 0.3) is 0 Å². The highest BCUT2D eigenvalue weighted by Gasteiger charge is 2.18. The van der Waals surface area contributed by atoms with Crippen molar-refractivity contribution in [1.82, 2.24) is 5.32 Å². The normalized spacial score (nSPS) is 24.1. The Morgan fingerprint density at radius 1 is 1.17 bits per heavy atom. The fourth-order valence-electron chi connectivity index (χ4n) is 2.58. The zero-order valence-corrected chi connectivity index (χ0v) is 10.7. The molecule has 1 aliphatic rings. The lowest BCUT2D eigenvalue weighted by Gasteiger charge is -2.25. The molecule has 1 aromatic carbocycles. The molecule has 0 bridgehead atoms. The first-order valence-corrected chi connectivity index (χ1v) is 6.88. The molecule has 18 heavy (non-hydrogen) atoms. The molecule has 1 saturated carbocycles. The number of hydrogen-bond acceptors (Lipinski definition) is 2. The van der Waals surface area contributed by atoms with Crippen molar-refractivity contribution in [2.24, 2.45) is 5.92 Å². The van der Waals surface area contributed by atoms with Crippen molar-refractivity contribution in [1.29, 1.82) is 0 Å². The van der Waals surface area contributed by atoms with E-state index in [1.54, 1.807) is 6.07 Å². The van der Waals surface area contributed by atoms with Crippen LogP contribution in [-0.4, -0.2) is 24.3 Å². The predicted octanol–water partition coefficient (Wildman–Crippen LogP) is 2.51. The van der Waals surface area contributed by atoms with Crippen molar-refractivity contribution < 1.29 is 9.50 Å². The van der Waals surface area contributed by atoms with Gasteiger partial charge in [-0.3, -0.25) is 0 Å². The summed E-state index contributed by atoms with van der Waals surface area (Å²) >= 11 is 0. The van der Waals surface area contributed by atoms with Crippen molar-refractivity contribution in [3.8, 4) is 0 Å². The van der Waals surface area contributed by atoms with Crippen LogP contribution in [0.3, 0.4) is 0 Å². The fraction of sp³-hybridized carbons (Fsp3) is 0.600. The Kier molecular flexibility index (Phi) is 5.14. The molecule has 0 atom stereocenters. The van der Waals surface area contributed by atoms with Crippen LogP contribution in [0, 0.1) is 11.7 Å². The molecule has 2 nitrogen and oxygen atoms in total. The third-order valence-corrected chi connectivity index (χ3v) is 3.78. The van der Waals surface area contributed by atoms with Gasteiger partial charge in [-0.15, -0.1) is 0 Å². The van der Waals surface area contributed by atoms with Gasteiger partial charge in [-0.2, -0.15) is 0 Å². The fourth-order valence-corrected chi connectivity index (χ4v) is 2.58. The summed E-state index contributed by atoms with van der Waals surface area (Å²) in [5.41, 5.74) is 0.782. The van der Waals surface area contributed by atoms with Crippen molar-refractivity contribution in [2.75, 3.05) is 13.1 Å². The largest absolute Gasteiger partial charge is 0.393 e. The first kappa shape index (κ1) is 13.5. The number of halogens is 1. The Hall–Kier alpha value is -0.930. The molecule has 0 saturated heterocycles. The van der Waals surface area contributed by atoms with Gasteiger partial charge in [0.15, 0.2) is 0 Å². The Bertz CT molecular complexity index is 361. The van der Waals surface area contributed by atoms with Gasteiger partial charge in [-0.25, -0.2) is 4.39 Å². The molecule has 0 unspecified atom stereocenters. The molecule has 0 spiro atoms. The quantitative estimate of drug-likeness (QED) is 0.788. The molecule has 0 radical (unpaired) electrons. The molecule has 3 heteroatoms. The van der Waals surface area contributed by atoms with E-state index in [-0.39, 0.29) is 11.9 Å². The zero-order chi connectivity index (χ0) is 12.8. The van der Waals surface area contributed by atoms with E-state index in [0.29, 0.717) is 5.92 Å². The van der Waals surface area contributed by atoms with Gasteiger partial charge in [-0.05, 0) is 62.7 Å². The molecule has 0 aromatic heterocycles. The van der Waals surface area contributed by atoms with Gasteiger partial charge in [0.05, 0.1) is 6.10 Å². The Labute approximate surface area is 108 Å². The minimum atomic E-state index is -0.111. The van der Waals surface area contributed by atoms with E-state index in [4.69, 9.17) is 0 Å². The summed E-state index contributed by atoms with van der Waals surface area (Å²) in [5.74, 6) is 0.564. The smallest absolute Gasteiger partial charge is 0.126 e. The van der Waals surface area contributed by atoms with Crippen LogP contribution in [-0.2, 0) is 6.42 Å². The molecule has 2 N–H and O–H groups in total. The molecule has 0 aliphatic heterocycles. The number of hydrogen-bond donors (Lipinski definition) is 2. The highest BCUT2D eigenvalue weighted by Crippen LogP contribution is 2.23. The summed E-state index contributed by atoms with van der Waals surface area (Å²) in [6.07, 6.45) is 4.72. The first-order valence-electron chi connectivity index (χ1n) is 6.88. The molecule has 2 rings (SSSR count). The first-order chi connectivity index (χ1) is 8.75. The summed E-state index contributed by atoms with van der Waals surface area (Å²) in [6, 6.07) is 6.95. The van der Waals surface area contributed by atoms with E-state index in [2.05, 4.69) is 5.32 Å². The van der Waals surface area contributed by atoms with Gasteiger partial charge in [0.2, 0.25) is 0 Å². The monoisotopic (exact) mass is 251 g/mol. The van der Waals surface area contributed by atoms with E-state index < -0.39 is 0 Å². The number of benzene rings is 1. The molecule has 1 fully saturated rings. The Morgan fingerprint density at radius 3 is 2.61 bits per heavy atom. The van der Waals surface area contributed by atoms with Gasteiger partial charge < -0.3 is 10.4 Å². The van der Waals surface area contributed by atoms with E-state index in [9.17, 15) is 9.50 Å². The maximum absolute atomic E-state index is 13.4. The number of nitrogens with one attached hydrogen (secondary N) is 1. The molecule has 100 valence electrons. The van der Waals surface area contributed by atoms with Gasteiger partial charge in [0, 0.05) is 0 Å². The van der Waals surface area contributed by atoms with Crippen LogP contribution in [0.2, 0.25) is 0 Å². The average molecular weight is 251 g/mol. The number of aliphatic hydroxyl groups excluding tert-OH is 1. The van der Waals surface area contributed by atoms with Crippen molar-refractivity contribution >= 4 is 0 Å². The minimum absolute atomic E-state index is 0.0836. The van der Waals surface area contributed by atoms with Crippen molar-refractivity contribution in [3.63, 3.8) is 0 Å². The SMILES string of the molecule is OC1CCC(CNCCc2ccccc2F)CC1. The summed E-state index contributed by atoms with van der Waals surface area (Å²) in [6.45, 7) is 1.81. The van der Waals surface area contributed by atoms with Crippen LogP contribution in [0.4, 0.5) is 4.39 Å². The second kappa shape index (κ2) is 6.86. The second-order valence-corrected chi connectivity index (χ2v) is 5.22. The molecule has 1 aliphatic carbocycles. The van der Waals surface area contributed by atoms with Gasteiger partial charge in [-0.1, -0.05) is 18.2 Å². The van der Waals surface area contributed by atoms with Gasteiger partial charge >= 0.3 is 0 Å². The lowest BCUT2D eigenvalue weighted by atomic mass is 9.87. The van der Waals surface area contributed by atoms with Crippen LogP contribution >= 0.6 is 0 Å². The van der Waals surface area contributed by atoms with Crippen LogP contribution in [0.25, 0.3) is 0 Å². The van der Waals surface area contributed by atoms with Crippen LogP contribution in [0.1, 0.15) is 31.2 Å². The third kappa shape index (κ3) is 4.07. The lowest BCUT2D eigenvalue weighted by Crippen LogP contribution is -2.29. The van der Waals surface area contributed by atoms with Crippen molar-refractivity contribution in [3.05, 3.63) is 35.6 Å². The molecule has 0 amide bonds.